The Balaban J connectivity index is 1.63. The highest BCUT2D eigenvalue weighted by molar-refractivity contribution is 6.30. The van der Waals surface area contributed by atoms with Gasteiger partial charge in [-0.1, -0.05) is 23.7 Å². The summed E-state index contributed by atoms with van der Waals surface area (Å²) in [7, 11) is 0. The van der Waals surface area contributed by atoms with Gasteiger partial charge in [0, 0.05) is 49.0 Å². The second-order valence-electron chi connectivity index (χ2n) is 8.03. The number of nitrogens with zero attached hydrogens (tertiary/aromatic N) is 3. The summed E-state index contributed by atoms with van der Waals surface area (Å²) in [6.07, 6.45) is 2.89. The third-order valence-corrected chi connectivity index (χ3v) is 5.95. The van der Waals surface area contributed by atoms with Crippen molar-refractivity contribution in [1.82, 2.24) is 20.4 Å². The van der Waals surface area contributed by atoms with E-state index in [1.807, 2.05) is 19.1 Å². The summed E-state index contributed by atoms with van der Waals surface area (Å²) in [4.78, 5) is 4.95. The first kappa shape index (κ1) is 22.6. The maximum absolute atomic E-state index is 6.29. The van der Waals surface area contributed by atoms with Gasteiger partial charge in [0.1, 0.15) is 0 Å². The fraction of sp³-hybridized carbons (Fsp3) is 0.565. The molecule has 1 aromatic carbocycles. The van der Waals surface area contributed by atoms with Crippen LogP contribution in [0.25, 0.3) is 0 Å². The predicted octanol–water partition coefficient (Wildman–Crippen LogP) is 3.85. The minimum atomic E-state index is -0.0325. The topological polar surface area (TPSA) is 63.5 Å². The van der Waals surface area contributed by atoms with Crippen LogP contribution in [0.5, 0.6) is 0 Å². The van der Waals surface area contributed by atoms with Gasteiger partial charge in [-0.2, -0.15) is 5.10 Å². The number of benzene rings is 1. The van der Waals surface area contributed by atoms with E-state index in [9.17, 15) is 0 Å². The van der Waals surface area contributed by atoms with Crippen molar-refractivity contribution in [2.45, 2.75) is 52.0 Å². The van der Waals surface area contributed by atoms with Gasteiger partial charge < -0.3 is 15.4 Å². The number of guanidine groups is 1. The van der Waals surface area contributed by atoms with Crippen molar-refractivity contribution in [3.8, 4) is 0 Å². The van der Waals surface area contributed by atoms with Crippen molar-refractivity contribution >= 4 is 17.6 Å². The van der Waals surface area contributed by atoms with Crippen LogP contribution >= 0.6 is 11.6 Å². The van der Waals surface area contributed by atoms with E-state index in [0.717, 1.165) is 68.8 Å². The molecule has 0 bridgehead atoms. The molecule has 2 N–H and O–H groups in total. The van der Waals surface area contributed by atoms with Crippen LogP contribution in [0.1, 0.15) is 43.1 Å². The zero-order valence-corrected chi connectivity index (χ0v) is 19.1. The molecule has 2 aromatic rings. The number of nitrogens with one attached hydrogen (secondary N) is 2. The molecule has 1 fully saturated rings. The second-order valence-corrected chi connectivity index (χ2v) is 8.47. The zero-order valence-electron chi connectivity index (χ0n) is 18.4. The lowest BCUT2D eigenvalue weighted by Gasteiger charge is -2.36. The number of rotatable bonds is 8. The van der Waals surface area contributed by atoms with Gasteiger partial charge in [0.25, 0.3) is 0 Å². The molecule has 7 heteroatoms. The van der Waals surface area contributed by atoms with Crippen LogP contribution in [0.3, 0.4) is 0 Å². The molecule has 30 heavy (non-hydrogen) atoms. The van der Waals surface area contributed by atoms with Crippen LogP contribution in [0, 0.1) is 13.8 Å². The molecule has 0 amide bonds. The average molecular weight is 432 g/mol. The van der Waals surface area contributed by atoms with Gasteiger partial charge in [0.05, 0.1) is 12.2 Å². The summed E-state index contributed by atoms with van der Waals surface area (Å²) in [5, 5.41) is 12.2. The lowest BCUT2D eigenvalue weighted by molar-refractivity contribution is 0.0531. The minimum Gasteiger partial charge on any atom is -0.381 e. The molecule has 0 unspecified atom stereocenters. The molecule has 0 aliphatic carbocycles. The standard InChI is InChI=1S/C23H34ClN5O/c1-4-25-22(26-11-6-12-29-19(3)15-18(2)28-29)27-17-23(9-13-30-14-10-23)20-7-5-8-21(24)16-20/h5,7-8,15-16H,4,6,9-14,17H2,1-3H3,(H2,25,26,27). The lowest BCUT2D eigenvalue weighted by Crippen LogP contribution is -2.41. The monoisotopic (exact) mass is 431 g/mol. The smallest absolute Gasteiger partial charge is 0.191 e. The SMILES string of the molecule is CCNC(=NCC1(c2cccc(Cl)c2)CCOCC1)NCCCn1nc(C)cc1C. The number of ether oxygens (including phenoxy) is 1. The van der Waals surface area contributed by atoms with E-state index in [2.05, 4.69) is 52.5 Å². The fourth-order valence-corrected chi connectivity index (χ4v) is 4.22. The Morgan fingerprint density at radius 3 is 2.70 bits per heavy atom. The van der Waals surface area contributed by atoms with Crippen LogP contribution in [-0.4, -0.2) is 48.6 Å². The van der Waals surface area contributed by atoms with Gasteiger partial charge in [0.15, 0.2) is 5.96 Å². The van der Waals surface area contributed by atoms with Gasteiger partial charge in [-0.3, -0.25) is 9.67 Å². The number of aromatic nitrogens is 2. The number of hydrogen-bond acceptors (Lipinski definition) is 3. The van der Waals surface area contributed by atoms with Gasteiger partial charge >= 0.3 is 0 Å². The van der Waals surface area contributed by atoms with Crippen LogP contribution in [-0.2, 0) is 16.7 Å². The first-order valence-electron chi connectivity index (χ1n) is 10.9. The maximum atomic E-state index is 6.29. The van der Waals surface area contributed by atoms with E-state index < -0.39 is 0 Å². The van der Waals surface area contributed by atoms with Gasteiger partial charge in [-0.25, -0.2) is 0 Å². The Morgan fingerprint density at radius 1 is 1.23 bits per heavy atom. The molecule has 164 valence electrons. The van der Waals surface area contributed by atoms with E-state index >= 15 is 0 Å². The molecule has 1 aromatic heterocycles. The molecule has 6 nitrogen and oxygen atoms in total. The minimum absolute atomic E-state index is 0.0325. The van der Waals surface area contributed by atoms with Crippen molar-refractivity contribution < 1.29 is 4.74 Å². The number of hydrogen-bond donors (Lipinski definition) is 2. The van der Waals surface area contributed by atoms with E-state index in [1.54, 1.807) is 0 Å². The molecule has 0 atom stereocenters. The Labute approximate surface area is 185 Å². The molecule has 0 spiro atoms. The predicted molar refractivity (Wildman–Crippen MR) is 123 cm³/mol. The van der Waals surface area contributed by atoms with Gasteiger partial charge in [-0.05, 0) is 63.8 Å². The number of halogens is 1. The summed E-state index contributed by atoms with van der Waals surface area (Å²) >= 11 is 6.29. The summed E-state index contributed by atoms with van der Waals surface area (Å²) in [5.74, 6) is 0.860. The Bertz CT molecular complexity index is 842. The Kier molecular flexibility index (Phi) is 8.16. The van der Waals surface area contributed by atoms with Crippen molar-refractivity contribution in [1.29, 1.82) is 0 Å². The highest BCUT2D eigenvalue weighted by Gasteiger charge is 2.34. The molecular weight excluding hydrogens is 398 g/mol. The number of aliphatic imine (C=N–C) groups is 1. The van der Waals surface area contributed by atoms with Gasteiger partial charge in [0.2, 0.25) is 0 Å². The second kappa shape index (κ2) is 10.8. The quantitative estimate of drug-likeness (QED) is 0.378. The largest absolute Gasteiger partial charge is 0.381 e. The Hall–Kier alpha value is -2.05. The zero-order chi connectivity index (χ0) is 21.4. The van der Waals surface area contributed by atoms with E-state index in [0.29, 0.717) is 6.54 Å². The van der Waals surface area contributed by atoms with Crippen molar-refractivity contribution in [3.63, 3.8) is 0 Å². The molecular formula is C23H34ClN5O. The first-order chi connectivity index (χ1) is 14.5. The summed E-state index contributed by atoms with van der Waals surface area (Å²) < 4.78 is 7.71. The van der Waals surface area contributed by atoms with Crippen LogP contribution in [0.15, 0.2) is 35.3 Å². The molecule has 0 radical (unpaired) electrons. The summed E-state index contributed by atoms with van der Waals surface area (Å²) in [6, 6.07) is 10.3. The molecule has 2 heterocycles. The van der Waals surface area contributed by atoms with Crippen molar-refractivity contribution in [2.24, 2.45) is 4.99 Å². The highest BCUT2D eigenvalue weighted by Crippen LogP contribution is 2.36. The molecule has 1 aliphatic heterocycles. The maximum Gasteiger partial charge on any atom is 0.191 e. The Morgan fingerprint density at radius 2 is 2.03 bits per heavy atom. The molecule has 0 saturated carbocycles. The third-order valence-electron chi connectivity index (χ3n) is 5.71. The molecule has 1 saturated heterocycles. The molecule has 1 aliphatic rings. The highest BCUT2D eigenvalue weighted by atomic mass is 35.5. The summed E-state index contributed by atoms with van der Waals surface area (Å²) in [6.45, 7) is 11.0. The van der Waals surface area contributed by atoms with Crippen LogP contribution < -0.4 is 10.6 Å². The van der Waals surface area contributed by atoms with E-state index in [1.165, 1.54) is 11.3 Å². The van der Waals surface area contributed by atoms with Crippen molar-refractivity contribution in [2.75, 3.05) is 32.8 Å². The summed E-state index contributed by atoms with van der Waals surface area (Å²) in [5.41, 5.74) is 3.49. The van der Waals surface area contributed by atoms with Crippen molar-refractivity contribution in [3.05, 3.63) is 52.3 Å². The van der Waals surface area contributed by atoms with E-state index in [-0.39, 0.29) is 5.41 Å². The fourth-order valence-electron chi connectivity index (χ4n) is 4.03. The number of aryl methyl sites for hydroxylation is 3. The molecule has 3 rings (SSSR count). The van der Waals surface area contributed by atoms with Crippen LogP contribution in [0.2, 0.25) is 5.02 Å². The third kappa shape index (κ3) is 5.99. The van der Waals surface area contributed by atoms with Crippen LogP contribution in [0.4, 0.5) is 0 Å². The normalized spacial score (nSPS) is 16.5. The lowest BCUT2D eigenvalue weighted by atomic mass is 9.74. The average Bonchev–Trinajstić information content (AvgIpc) is 3.07. The van der Waals surface area contributed by atoms with E-state index in [4.69, 9.17) is 21.3 Å². The van der Waals surface area contributed by atoms with Gasteiger partial charge in [-0.15, -0.1) is 0 Å². The first-order valence-corrected chi connectivity index (χ1v) is 11.3.